The Hall–Kier alpha value is -1.36. The standard InChI is InChI=1S/C10H17N3O2/c1-4-11-6-8-7-12-10(14-3)13-9(8)15-5-2/h7,11H,4-6H2,1-3H3. The van der Waals surface area contributed by atoms with Crippen molar-refractivity contribution in [2.24, 2.45) is 0 Å². The third-order valence-electron chi connectivity index (χ3n) is 1.83. The van der Waals surface area contributed by atoms with Gasteiger partial charge in [-0.1, -0.05) is 6.92 Å². The molecule has 0 saturated heterocycles. The molecule has 0 atom stereocenters. The van der Waals surface area contributed by atoms with Gasteiger partial charge in [-0.2, -0.15) is 4.98 Å². The zero-order valence-corrected chi connectivity index (χ0v) is 9.41. The van der Waals surface area contributed by atoms with Crippen LogP contribution in [0.2, 0.25) is 0 Å². The van der Waals surface area contributed by atoms with Crippen LogP contribution in [0.3, 0.4) is 0 Å². The van der Waals surface area contributed by atoms with Gasteiger partial charge >= 0.3 is 6.01 Å². The monoisotopic (exact) mass is 211 g/mol. The largest absolute Gasteiger partial charge is 0.478 e. The summed E-state index contributed by atoms with van der Waals surface area (Å²) in [6.45, 7) is 6.16. The van der Waals surface area contributed by atoms with Gasteiger partial charge in [-0.15, -0.1) is 0 Å². The van der Waals surface area contributed by atoms with E-state index in [9.17, 15) is 0 Å². The minimum absolute atomic E-state index is 0.332. The van der Waals surface area contributed by atoms with Crippen molar-refractivity contribution in [2.45, 2.75) is 20.4 Å². The zero-order chi connectivity index (χ0) is 11.1. The number of hydrogen-bond acceptors (Lipinski definition) is 5. The van der Waals surface area contributed by atoms with Crippen molar-refractivity contribution in [3.63, 3.8) is 0 Å². The first kappa shape index (κ1) is 11.7. The number of aromatic nitrogens is 2. The highest BCUT2D eigenvalue weighted by Crippen LogP contribution is 2.17. The van der Waals surface area contributed by atoms with Crippen LogP contribution in [0.1, 0.15) is 19.4 Å². The normalized spacial score (nSPS) is 10.1. The maximum atomic E-state index is 5.41. The molecule has 1 N–H and O–H groups in total. The predicted molar refractivity (Wildman–Crippen MR) is 57.1 cm³/mol. The van der Waals surface area contributed by atoms with Crippen LogP contribution >= 0.6 is 0 Å². The van der Waals surface area contributed by atoms with E-state index >= 15 is 0 Å². The molecule has 1 aromatic rings. The first-order valence-electron chi connectivity index (χ1n) is 5.05. The summed E-state index contributed by atoms with van der Waals surface area (Å²) < 4.78 is 10.3. The highest BCUT2D eigenvalue weighted by Gasteiger charge is 2.07. The molecule has 0 fully saturated rings. The lowest BCUT2D eigenvalue weighted by Gasteiger charge is -2.09. The Morgan fingerprint density at radius 1 is 1.40 bits per heavy atom. The van der Waals surface area contributed by atoms with E-state index in [0.29, 0.717) is 25.0 Å². The van der Waals surface area contributed by atoms with E-state index in [0.717, 1.165) is 12.1 Å². The Morgan fingerprint density at radius 3 is 2.80 bits per heavy atom. The fourth-order valence-corrected chi connectivity index (χ4v) is 1.12. The molecule has 0 radical (unpaired) electrons. The molecule has 5 heteroatoms. The predicted octanol–water partition coefficient (Wildman–Crippen LogP) is 0.993. The molecule has 0 aliphatic heterocycles. The van der Waals surface area contributed by atoms with Crippen molar-refractivity contribution in [1.29, 1.82) is 0 Å². The van der Waals surface area contributed by atoms with Gasteiger partial charge in [0.15, 0.2) is 0 Å². The topological polar surface area (TPSA) is 56.3 Å². The maximum absolute atomic E-state index is 5.41. The van der Waals surface area contributed by atoms with Crippen LogP contribution in [-0.4, -0.2) is 30.2 Å². The highest BCUT2D eigenvalue weighted by atomic mass is 16.5. The first-order valence-corrected chi connectivity index (χ1v) is 5.05. The molecule has 0 unspecified atom stereocenters. The summed E-state index contributed by atoms with van der Waals surface area (Å²) in [5.41, 5.74) is 0.944. The quantitative estimate of drug-likeness (QED) is 0.760. The van der Waals surface area contributed by atoms with Gasteiger partial charge in [0.05, 0.1) is 13.7 Å². The van der Waals surface area contributed by atoms with Crippen molar-refractivity contribution in [3.8, 4) is 11.9 Å². The van der Waals surface area contributed by atoms with E-state index in [1.54, 1.807) is 6.20 Å². The Labute approximate surface area is 89.8 Å². The minimum atomic E-state index is 0.332. The molecule has 1 aromatic heterocycles. The minimum Gasteiger partial charge on any atom is -0.478 e. The molecule has 0 spiro atoms. The number of methoxy groups -OCH3 is 1. The molecule has 0 amide bonds. The average Bonchev–Trinajstić information content (AvgIpc) is 2.27. The molecular formula is C10H17N3O2. The Bertz CT molecular complexity index is 305. The third kappa shape index (κ3) is 3.36. The van der Waals surface area contributed by atoms with Gasteiger partial charge in [0.2, 0.25) is 5.88 Å². The molecule has 0 aliphatic carbocycles. The van der Waals surface area contributed by atoms with Crippen LogP contribution in [0.25, 0.3) is 0 Å². The summed E-state index contributed by atoms with van der Waals surface area (Å²) in [4.78, 5) is 8.18. The molecule has 0 bridgehead atoms. The van der Waals surface area contributed by atoms with E-state index in [1.165, 1.54) is 7.11 Å². The number of nitrogens with one attached hydrogen (secondary N) is 1. The lowest BCUT2D eigenvalue weighted by atomic mass is 10.3. The molecule has 5 nitrogen and oxygen atoms in total. The average molecular weight is 211 g/mol. The van der Waals surface area contributed by atoms with Crippen LogP contribution in [0.5, 0.6) is 11.9 Å². The van der Waals surface area contributed by atoms with Gasteiger partial charge < -0.3 is 14.8 Å². The number of rotatable bonds is 6. The Balaban J connectivity index is 2.82. The lowest BCUT2D eigenvalue weighted by Crippen LogP contribution is -2.14. The summed E-state index contributed by atoms with van der Waals surface area (Å²) in [5, 5.41) is 3.20. The SMILES string of the molecule is CCNCc1cnc(OC)nc1OCC. The van der Waals surface area contributed by atoms with Crippen molar-refractivity contribution >= 4 is 0 Å². The number of hydrogen-bond donors (Lipinski definition) is 1. The second kappa shape index (κ2) is 6.19. The molecule has 84 valence electrons. The van der Waals surface area contributed by atoms with E-state index in [2.05, 4.69) is 15.3 Å². The van der Waals surface area contributed by atoms with Gasteiger partial charge in [-0.05, 0) is 13.5 Å². The van der Waals surface area contributed by atoms with Gasteiger partial charge in [-0.3, -0.25) is 0 Å². The molecule has 1 heterocycles. The van der Waals surface area contributed by atoms with Crippen molar-refractivity contribution in [3.05, 3.63) is 11.8 Å². The van der Waals surface area contributed by atoms with Gasteiger partial charge in [0, 0.05) is 18.3 Å². The summed E-state index contributed by atoms with van der Waals surface area (Å²) in [5.74, 6) is 0.588. The van der Waals surface area contributed by atoms with Gasteiger partial charge in [-0.25, -0.2) is 4.98 Å². The molecule has 0 aromatic carbocycles. The molecular weight excluding hydrogens is 194 g/mol. The van der Waals surface area contributed by atoms with E-state index in [-0.39, 0.29) is 0 Å². The Kier molecular flexibility index (Phi) is 4.83. The fraction of sp³-hybridized carbons (Fsp3) is 0.600. The summed E-state index contributed by atoms with van der Waals surface area (Å²) >= 11 is 0. The van der Waals surface area contributed by atoms with E-state index < -0.39 is 0 Å². The lowest BCUT2D eigenvalue weighted by molar-refractivity contribution is 0.306. The smallest absolute Gasteiger partial charge is 0.319 e. The van der Waals surface area contributed by atoms with Gasteiger partial charge in [0.1, 0.15) is 0 Å². The first-order chi connectivity index (χ1) is 7.31. The zero-order valence-electron chi connectivity index (χ0n) is 9.41. The van der Waals surface area contributed by atoms with Crippen LogP contribution in [0, 0.1) is 0 Å². The highest BCUT2D eigenvalue weighted by molar-refractivity contribution is 5.25. The molecule has 15 heavy (non-hydrogen) atoms. The van der Waals surface area contributed by atoms with Crippen LogP contribution in [0.4, 0.5) is 0 Å². The van der Waals surface area contributed by atoms with Crippen LogP contribution in [-0.2, 0) is 6.54 Å². The fourth-order valence-electron chi connectivity index (χ4n) is 1.12. The number of nitrogens with zero attached hydrogens (tertiary/aromatic N) is 2. The summed E-state index contributed by atoms with van der Waals surface area (Å²) in [6, 6.07) is 0.332. The second-order valence-electron chi connectivity index (χ2n) is 2.90. The van der Waals surface area contributed by atoms with Gasteiger partial charge in [0.25, 0.3) is 0 Å². The van der Waals surface area contributed by atoms with E-state index in [1.807, 2.05) is 13.8 Å². The molecule has 1 rings (SSSR count). The second-order valence-corrected chi connectivity index (χ2v) is 2.90. The van der Waals surface area contributed by atoms with Crippen molar-refractivity contribution in [1.82, 2.24) is 15.3 Å². The number of ether oxygens (including phenoxy) is 2. The third-order valence-corrected chi connectivity index (χ3v) is 1.83. The van der Waals surface area contributed by atoms with Crippen LogP contribution in [0.15, 0.2) is 6.20 Å². The summed E-state index contributed by atoms with van der Waals surface area (Å²) in [6.07, 6.45) is 1.72. The maximum Gasteiger partial charge on any atom is 0.319 e. The Morgan fingerprint density at radius 2 is 2.20 bits per heavy atom. The molecule has 0 aliphatic rings. The van der Waals surface area contributed by atoms with Crippen molar-refractivity contribution < 1.29 is 9.47 Å². The molecule has 0 saturated carbocycles. The van der Waals surface area contributed by atoms with Crippen molar-refractivity contribution in [2.75, 3.05) is 20.3 Å². The van der Waals surface area contributed by atoms with Crippen LogP contribution < -0.4 is 14.8 Å². The summed E-state index contributed by atoms with van der Waals surface area (Å²) in [7, 11) is 1.54. The van der Waals surface area contributed by atoms with E-state index in [4.69, 9.17) is 9.47 Å².